The molecule has 0 aromatic rings. The van der Waals surface area contributed by atoms with E-state index in [1.54, 1.807) is 0 Å². The first-order valence-corrected chi connectivity index (χ1v) is 11.6. The molecule has 1 aliphatic carbocycles. The smallest absolute Gasteiger partial charge is 0.453 e. The van der Waals surface area contributed by atoms with E-state index in [0.717, 1.165) is 6.92 Å². The highest BCUT2D eigenvalue weighted by molar-refractivity contribution is 7.87. The maximum Gasteiger partial charge on any atom is 0.468 e. The fourth-order valence-electron chi connectivity index (χ4n) is 3.06. The van der Waals surface area contributed by atoms with E-state index in [4.69, 9.17) is 4.55 Å². The average Bonchev–Trinajstić information content (AvgIpc) is 2.72. The number of halogens is 7. The third kappa shape index (κ3) is 7.49. The summed E-state index contributed by atoms with van der Waals surface area (Å²) in [6.07, 6.45) is -7.56. The molecule has 1 N–H and O–H groups in total. The molecule has 9 nitrogen and oxygen atoms in total. The molecule has 0 bridgehead atoms. The van der Waals surface area contributed by atoms with Crippen molar-refractivity contribution in [3.8, 4) is 0 Å². The average molecular weight is 548 g/mol. The minimum Gasteiger partial charge on any atom is -0.453 e. The van der Waals surface area contributed by atoms with E-state index < -0.39 is 83.0 Å². The van der Waals surface area contributed by atoms with Crippen molar-refractivity contribution in [1.82, 2.24) is 0 Å². The van der Waals surface area contributed by atoms with Crippen LogP contribution in [0.5, 0.6) is 0 Å². The zero-order valence-electron chi connectivity index (χ0n) is 18.2. The van der Waals surface area contributed by atoms with Crippen LogP contribution in [-0.4, -0.2) is 67.0 Å². The van der Waals surface area contributed by atoms with E-state index in [0.29, 0.717) is 19.3 Å². The first kappa shape index (κ1) is 31.0. The van der Waals surface area contributed by atoms with Crippen molar-refractivity contribution in [2.45, 2.75) is 75.0 Å². The number of Topliss-reactive ketones (excluding diaryl/α,β-unsaturated/α-hetero) is 1. The summed E-state index contributed by atoms with van der Waals surface area (Å²) in [5.41, 5.74) is 0. The summed E-state index contributed by atoms with van der Waals surface area (Å²) in [7, 11) is -6.59. The maximum absolute atomic E-state index is 13.9. The van der Waals surface area contributed by atoms with Crippen LogP contribution >= 0.6 is 0 Å². The van der Waals surface area contributed by atoms with Gasteiger partial charge in [0.25, 0.3) is 0 Å². The number of carbonyl (C=O) groups excluding carboxylic acids is 3. The number of ether oxygens (including phenoxy) is 3. The first-order chi connectivity index (χ1) is 15.8. The number of ketones is 1. The van der Waals surface area contributed by atoms with Gasteiger partial charge in [0.15, 0.2) is 5.78 Å². The molecule has 204 valence electrons. The summed E-state index contributed by atoms with van der Waals surface area (Å²) in [6.45, 7) is -1.93. The van der Waals surface area contributed by atoms with E-state index >= 15 is 0 Å². The lowest BCUT2D eigenvalue weighted by atomic mass is 9.89. The Morgan fingerprint density at radius 2 is 1.51 bits per heavy atom. The lowest BCUT2D eigenvalue weighted by Gasteiger charge is -2.34. The zero-order chi connectivity index (χ0) is 27.3. The van der Waals surface area contributed by atoms with Crippen LogP contribution in [0.2, 0.25) is 0 Å². The zero-order valence-corrected chi connectivity index (χ0v) is 19.0. The summed E-state index contributed by atoms with van der Waals surface area (Å²) in [5.74, 6) is -15.9. The predicted octanol–water partition coefficient (Wildman–Crippen LogP) is 3.41. The molecular formula is C18H23F7O9S. The van der Waals surface area contributed by atoms with Crippen LogP contribution in [0.1, 0.15) is 51.9 Å². The molecule has 0 saturated heterocycles. The van der Waals surface area contributed by atoms with Crippen LogP contribution in [0.3, 0.4) is 0 Å². The highest BCUT2D eigenvalue weighted by Crippen LogP contribution is 2.42. The van der Waals surface area contributed by atoms with Gasteiger partial charge in [0, 0.05) is 6.42 Å². The second-order valence-electron chi connectivity index (χ2n) is 7.80. The van der Waals surface area contributed by atoms with Gasteiger partial charge in [-0.1, -0.05) is 19.3 Å². The van der Waals surface area contributed by atoms with Gasteiger partial charge in [0.1, 0.15) is 6.61 Å². The van der Waals surface area contributed by atoms with Crippen molar-refractivity contribution in [2.24, 2.45) is 5.92 Å². The van der Waals surface area contributed by atoms with E-state index in [1.165, 1.54) is 0 Å². The summed E-state index contributed by atoms with van der Waals surface area (Å²) in [5, 5.41) is -5.98. The molecule has 1 fully saturated rings. The number of carbonyl (C=O) groups is 3. The molecule has 1 unspecified atom stereocenters. The molecule has 1 aliphatic rings. The second kappa shape index (κ2) is 11.4. The molecule has 0 spiro atoms. The van der Waals surface area contributed by atoms with Crippen LogP contribution in [0.15, 0.2) is 0 Å². The standard InChI is InChI=1S/C18H23F7O9S/c1-11(26)10-32-14(28)16(17(21,22)23,34-13(27)12-6-3-2-4-7-12)33-9-5-8-15(19,20)18(24,25)35(29,30)31/h12H,2-10H2,1H3,(H,29,30,31). The van der Waals surface area contributed by atoms with Crippen molar-refractivity contribution in [3.63, 3.8) is 0 Å². The van der Waals surface area contributed by atoms with Crippen molar-refractivity contribution >= 4 is 27.8 Å². The van der Waals surface area contributed by atoms with Crippen LogP contribution < -0.4 is 0 Å². The molecule has 0 heterocycles. The third-order valence-electron chi connectivity index (χ3n) is 4.92. The van der Waals surface area contributed by atoms with Gasteiger partial charge in [-0.3, -0.25) is 14.1 Å². The molecular weight excluding hydrogens is 525 g/mol. The second-order valence-corrected chi connectivity index (χ2v) is 9.26. The molecule has 0 aromatic carbocycles. The third-order valence-corrected chi connectivity index (χ3v) is 5.87. The highest BCUT2D eigenvalue weighted by atomic mass is 32.2. The van der Waals surface area contributed by atoms with Crippen LogP contribution in [0.4, 0.5) is 30.7 Å². The highest BCUT2D eigenvalue weighted by Gasteiger charge is 2.68. The van der Waals surface area contributed by atoms with Gasteiger partial charge >= 0.3 is 45.2 Å². The summed E-state index contributed by atoms with van der Waals surface area (Å²) in [6, 6.07) is 0. The van der Waals surface area contributed by atoms with Gasteiger partial charge in [0.2, 0.25) is 0 Å². The predicted molar refractivity (Wildman–Crippen MR) is 99.7 cm³/mol. The van der Waals surface area contributed by atoms with Crippen molar-refractivity contribution in [2.75, 3.05) is 13.2 Å². The quantitative estimate of drug-likeness (QED) is 0.128. The SMILES string of the molecule is CC(=O)COC(=O)C(OCCCC(F)(F)C(F)(F)S(=O)(=O)O)(OC(=O)C1CCCCC1)C(F)(F)F. The molecule has 0 amide bonds. The van der Waals surface area contributed by atoms with E-state index in [1.807, 2.05) is 0 Å². The fourth-order valence-corrected chi connectivity index (χ4v) is 3.53. The molecule has 0 radical (unpaired) electrons. The van der Waals surface area contributed by atoms with Crippen LogP contribution in [0, 0.1) is 5.92 Å². The number of rotatable bonds is 12. The monoisotopic (exact) mass is 548 g/mol. The first-order valence-electron chi connectivity index (χ1n) is 10.1. The summed E-state index contributed by atoms with van der Waals surface area (Å²) in [4.78, 5) is 35.6. The Bertz CT molecular complexity index is 883. The Hall–Kier alpha value is -2.01. The normalized spacial score (nSPS) is 18.0. The summed E-state index contributed by atoms with van der Waals surface area (Å²) >= 11 is 0. The minimum absolute atomic E-state index is 0.117. The van der Waals surface area contributed by atoms with Gasteiger partial charge in [-0.25, -0.2) is 4.79 Å². The van der Waals surface area contributed by atoms with Gasteiger partial charge in [0.05, 0.1) is 12.5 Å². The Morgan fingerprint density at radius 1 is 0.971 bits per heavy atom. The molecule has 1 saturated carbocycles. The molecule has 1 rings (SSSR count). The van der Waals surface area contributed by atoms with E-state index in [9.17, 15) is 53.5 Å². The Kier molecular flexibility index (Phi) is 10.1. The van der Waals surface area contributed by atoms with Crippen molar-refractivity contribution < 1.29 is 72.3 Å². The van der Waals surface area contributed by atoms with Gasteiger partial charge in [-0.2, -0.15) is 39.2 Å². The van der Waals surface area contributed by atoms with Crippen LogP contribution in [0.25, 0.3) is 0 Å². The molecule has 35 heavy (non-hydrogen) atoms. The number of alkyl halides is 7. The number of hydrogen-bond acceptors (Lipinski definition) is 8. The minimum atomic E-state index is -6.59. The lowest BCUT2D eigenvalue weighted by Crippen LogP contribution is -2.59. The maximum atomic E-state index is 13.9. The molecule has 17 heteroatoms. The Balaban J connectivity index is 3.14. The summed E-state index contributed by atoms with van der Waals surface area (Å²) < 4.78 is 138. The van der Waals surface area contributed by atoms with Crippen LogP contribution in [-0.2, 0) is 38.7 Å². The molecule has 0 aromatic heterocycles. The van der Waals surface area contributed by atoms with E-state index in [2.05, 4.69) is 14.2 Å². The lowest BCUT2D eigenvalue weighted by molar-refractivity contribution is -0.357. The Labute approximate surface area is 195 Å². The van der Waals surface area contributed by atoms with Crippen molar-refractivity contribution in [3.05, 3.63) is 0 Å². The fraction of sp³-hybridized carbons (Fsp3) is 0.833. The number of esters is 2. The van der Waals surface area contributed by atoms with Gasteiger partial charge in [-0.15, -0.1) is 0 Å². The Morgan fingerprint density at radius 3 is 1.97 bits per heavy atom. The topological polar surface area (TPSA) is 133 Å². The van der Waals surface area contributed by atoms with Gasteiger partial charge < -0.3 is 14.2 Å². The molecule has 1 atom stereocenters. The number of hydrogen-bond donors (Lipinski definition) is 1. The molecule has 0 aliphatic heterocycles. The largest absolute Gasteiger partial charge is 0.468 e. The van der Waals surface area contributed by atoms with E-state index in [-0.39, 0.29) is 12.8 Å². The van der Waals surface area contributed by atoms with Gasteiger partial charge in [-0.05, 0) is 26.2 Å². The van der Waals surface area contributed by atoms with Crippen molar-refractivity contribution in [1.29, 1.82) is 0 Å².